The molecule has 0 heterocycles. The van der Waals surface area contributed by atoms with E-state index in [1.54, 1.807) is 0 Å². The van der Waals surface area contributed by atoms with E-state index in [-0.39, 0.29) is 19.3 Å². The summed E-state index contributed by atoms with van der Waals surface area (Å²) in [5.74, 6) is 0.675. The fourth-order valence-electron chi connectivity index (χ4n) is 2.03. The molecule has 78 valence electrons. The molecule has 0 aliphatic heterocycles. The lowest BCUT2D eigenvalue weighted by Crippen LogP contribution is -2.46. The van der Waals surface area contributed by atoms with Crippen molar-refractivity contribution in [3.8, 4) is 0 Å². The van der Waals surface area contributed by atoms with Crippen LogP contribution in [0.5, 0.6) is 0 Å². The number of rotatable bonds is 4. The zero-order valence-corrected chi connectivity index (χ0v) is 8.37. The van der Waals surface area contributed by atoms with Crippen molar-refractivity contribution in [1.29, 1.82) is 0 Å². The first-order chi connectivity index (χ1) is 6.27. The van der Waals surface area contributed by atoms with Gasteiger partial charge in [0.05, 0.1) is 19.3 Å². The Morgan fingerprint density at radius 2 is 1.85 bits per heavy atom. The molecule has 0 aromatic rings. The minimum Gasteiger partial charge on any atom is -0.395 e. The van der Waals surface area contributed by atoms with E-state index in [4.69, 9.17) is 10.2 Å². The van der Waals surface area contributed by atoms with Crippen molar-refractivity contribution in [2.75, 3.05) is 13.2 Å². The molecular weight excluding hydrogens is 166 g/mol. The van der Waals surface area contributed by atoms with Crippen LogP contribution in [0.1, 0.15) is 32.6 Å². The highest BCUT2D eigenvalue weighted by atomic mass is 16.3. The van der Waals surface area contributed by atoms with Gasteiger partial charge >= 0.3 is 0 Å². The lowest BCUT2D eigenvalue weighted by atomic mass is 9.85. The molecule has 0 saturated heterocycles. The van der Waals surface area contributed by atoms with Gasteiger partial charge in [-0.05, 0) is 18.8 Å². The molecule has 2 atom stereocenters. The molecule has 0 unspecified atom stereocenters. The summed E-state index contributed by atoms with van der Waals surface area (Å²) in [5, 5.41) is 21.1. The Morgan fingerprint density at radius 1 is 1.23 bits per heavy atom. The Labute approximate surface area is 80.2 Å². The summed E-state index contributed by atoms with van der Waals surface area (Å²) in [6.45, 7) is 2.29. The van der Waals surface area contributed by atoms with Gasteiger partial charge in [0.15, 0.2) is 0 Å². The van der Waals surface area contributed by atoms with Crippen molar-refractivity contribution >= 4 is 0 Å². The van der Waals surface area contributed by atoms with E-state index < -0.39 is 0 Å². The highest BCUT2D eigenvalue weighted by Crippen LogP contribution is 2.23. The van der Waals surface area contributed by atoms with Crippen molar-refractivity contribution < 1.29 is 10.2 Å². The maximum Gasteiger partial charge on any atom is 0.0607 e. The number of hydrogen-bond donors (Lipinski definition) is 3. The molecule has 1 rings (SSSR count). The van der Waals surface area contributed by atoms with Crippen molar-refractivity contribution in [2.45, 2.75) is 44.7 Å². The van der Waals surface area contributed by atoms with Crippen LogP contribution in [0.4, 0.5) is 0 Å². The standard InChI is InChI=1S/C10H21NO2/c1-8-4-2-3-5-10(8)11-9(6-12)7-13/h8-13H,2-7H2,1H3/t8-,10+/m0/s1. The second-order valence-corrected chi connectivity index (χ2v) is 4.10. The van der Waals surface area contributed by atoms with Crippen molar-refractivity contribution in [3.63, 3.8) is 0 Å². The van der Waals surface area contributed by atoms with E-state index in [2.05, 4.69) is 12.2 Å². The molecule has 3 heteroatoms. The normalized spacial score (nSPS) is 29.5. The van der Waals surface area contributed by atoms with Crippen LogP contribution >= 0.6 is 0 Å². The van der Waals surface area contributed by atoms with Gasteiger partial charge in [-0.15, -0.1) is 0 Å². The van der Waals surface area contributed by atoms with Crippen LogP contribution in [0.2, 0.25) is 0 Å². The van der Waals surface area contributed by atoms with Gasteiger partial charge in [-0.1, -0.05) is 19.8 Å². The molecule has 13 heavy (non-hydrogen) atoms. The maximum absolute atomic E-state index is 8.92. The molecule has 0 aromatic carbocycles. The molecule has 1 aliphatic rings. The van der Waals surface area contributed by atoms with Gasteiger partial charge < -0.3 is 15.5 Å². The highest BCUT2D eigenvalue weighted by molar-refractivity contribution is 4.81. The largest absolute Gasteiger partial charge is 0.395 e. The lowest BCUT2D eigenvalue weighted by Gasteiger charge is -2.32. The van der Waals surface area contributed by atoms with Crippen LogP contribution < -0.4 is 5.32 Å². The van der Waals surface area contributed by atoms with E-state index in [0.717, 1.165) is 0 Å². The molecule has 0 bridgehead atoms. The molecule has 0 radical (unpaired) electrons. The molecular formula is C10H21NO2. The minimum atomic E-state index is -0.134. The molecule has 0 amide bonds. The smallest absolute Gasteiger partial charge is 0.0607 e. The second-order valence-electron chi connectivity index (χ2n) is 4.10. The molecule has 3 nitrogen and oxygen atoms in total. The Bertz CT molecular complexity index is 137. The van der Waals surface area contributed by atoms with Crippen molar-refractivity contribution in [2.24, 2.45) is 5.92 Å². The molecule has 1 fully saturated rings. The summed E-state index contributed by atoms with van der Waals surface area (Å²) in [7, 11) is 0. The van der Waals surface area contributed by atoms with Gasteiger partial charge in [0.25, 0.3) is 0 Å². The summed E-state index contributed by atoms with van der Waals surface area (Å²) >= 11 is 0. The predicted molar refractivity (Wildman–Crippen MR) is 52.5 cm³/mol. The quantitative estimate of drug-likeness (QED) is 0.601. The average Bonchev–Trinajstić information content (AvgIpc) is 2.17. The Hall–Kier alpha value is -0.120. The van der Waals surface area contributed by atoms with Crippen molar-refractivity contribution in [1.82, 2.24) is 5.32 Å². The third-order valence-corrected chi connectivity index (χ3v) is 3.00. The first-order valence-corrected chi connectivity index (χ1v) is 5.25. The molecule has 0 aromatic heterocycles. The van der Waals surface area contributed by atoms with E-state index in [1.807, 2.05) is 0 Å². The average molecular weight is 187 g/mol. The second kappa shape index (κ2) is 5.58. The van der Waals surface area contributed by atoms with Crippen LogP contribution in [0.3, 0.4) is 0 Å². The fourth-order valence-corrected chi connectivity index (χ4v) is 2.03. The summed E-state index contributed by atoms with van der Waals surface area (Å²) in [6.07, 6.45) is 5.03. The molecule has 1 aliphatic carbocycles. The fraction of sp³-hybridized carbons (Fsp3) is 1.00. The van der Waals surface area contributed by atoms with E-state index in [0.29, 0.717) is 12.0 Å². The third kappa shape index (κ3) is 3.25. The monoisotopic (exact) mass is 187 g/mol. The van der Waals surface area contributed by atoms with E-state index >= 15 is 0 Å². The van der Waals surface area contributed by atoms with Gasteiger partial charge in [-0.25, -0.2) is 0 Å². The number of nitrogens with one attached hydrogen (secondary N) is 1. The summed E-state index contributed by atoms with van der Waals surface area (Å²) in [4.78, 5) is 0. The topological polar surface area (TPSA) is 52.5 Å². The van der Waals surface area contributed by atoms with Crippen LogP contribution in [0.25, 0.3) is 0 Å². The Balaban J connectivity index is 2.32. The summed E-state index contributed by atoms with van der Waals surface area (Å²) in [5.41, 5.74) is 0. The van der Waals surface area contributed by atoms with Gasteiger partial charge in [-0.3, -0.25) is 0 Å². The molecule has 1 saturated carbocycles. The van der Waals surface area contributed by atoms with Gasteiger partial charge in [0.1, 0.15) is 0 Å². The molecule has 3 N–H and O–H groups in total. The molecule has 0 spiro atoms. The Kier molecular flexibility index (Phi) is 4.70. The van der Waals surface area contributed by atoms with Crippen LogP contribution in [0.15, 0.2) is 0 Å². The Morgan fingerprint density at radius 3 is 2.38 bits per heavy atom. The van der Waals surface area contributed by atoms with Gasteiger partial charge in [-0.2, -0.15) is 0 Å². The summed E-state index contributed by atoms with van der Waals surface area (Å²) in [6, 6.07) is 0.351. The third-order valence-electron chi connectivity index (χ3n) is 3.00. The van der Waals surface area contributed by atoms with E-state index in [9.17, 15) is 0 Å². The highest BCUT2D eigenvalue weighted by Gasteiger charge is 2.22. The first-order valence-electron chi connectivity index (χ1n) is 5.25. The first kappa shape index (κ1) is 11.0. The maximum atomic E-state index is 8.92. The van der Waals surface area contributed by atoms with Crippen LogP contribution in [-0.2, 0) is 0 Å². The van der Waals surface area contributed by atoms with Gasteiger partial charge in [0.2, 0.25) is 0 Å². The zero-order chi connectivity index (χ0) is 9.68. The number of aliphatic hydroxyl groups excluding tert-OH is 2. The summed E-state index contributed by atoms with van der Waals surface area (Å²) < 4.78 is 0. The lowest BCUT2D eigenvalue weighted by molar-refractivity contribution is 0.142. The van der Waals surface area contributed by atoms with E-state index in [1.165, 1.54) is 25.7 Å². The number of hydrogen-bond acceptors (Lipinski definition) is 3. The minimum absolute atomic E-state index is 0.0275. The van der Waals surface area contributed by atoms with Gasteiger partial charge in [0, 0.05) is 6.04 Å². The zero-order valence-electron chi connectivity index (χ0n) is 8.37. The van der Waals surface area contributed by atoms with Crippen LogP contribution in [-0.4, -0.2) is 35.5 Å². The van der Waals surface area contributed by atoms with Crippen molar-refractivity contribution in [3.05, 3.63) is 0 Å². The SMILES string of the molecule is C[C@H]1CCCC[C@H]1NC(CO)CO. The predicted octanol–water partition coefficient (Wildman–Crippen LogP) is 0.508. The number of aliphatic hydroxyl groups is 2. The van der Waals surface area contributed by atoms with Crippen LogP contribution in [0, 0.1) is 5.92 Å².